The molecule has 1 heterocycles. The fraction of sp³-hybridized carbons (Fsp3) is 0.533. The van der Waals surface area contributed by atoms with Crippen molar-refractivity contribution in [2.75, 3.05) is 26.7 Å². The quantitative estimate of drug-likeness (QED) is 0.869. The van der Waals surface area contributed by atoms with Gasteiger partial charge < -0.3 is 10.2 Å². The van der Waals surface area contributed by atoms with Crippen LogP contribution in [-0.2, 0) is 6.18 Å². The Bertz CT molecular complexity index is 537. The topological polar surface area (TPSA) is 32.3 Å². The van der Waals surface area contributed by atoms with E-state index in [9.17, 15) is 22.4 Å². The number of hydrogen-bond donors (Lipinski definition) is 1. The monoisotopic (exact) mass is 318 g/mol. The first-order valence-corrected chi connectivity index (χ1v) is 7.10. The van der Waals surface area contributed by atoms with Crippen molar-refractivity contribution in [3.8, 4) is 0 Å². The molecule has 2 rings (SSSR count). The molecule has 1 fully saturated rings. The van der Waals surface area contributed by atoms with Crippen LogP contribution in [0.5, 0.6) is 0 Å². The van der Waals surface area contributed by atoms with Crippen molar-refractivity contribution < 1.29 is 22.4 Å². The van der Waals surface area contributed by atoms with Crippen LogP contribution in [0.25, 0.3) is 0 Å². The number of nitrogens with zero attached hydrogens (tertiary/aromatic N) is 1. The van der Waals surface area contributed by atoms with Gasteiger partial charge in [-0.1, -0.05) is 0 Å². The van der Waals surface area contributed by atoms with Gasteiger partial charge >= 0.3 is 6.18 Å². The molecule has 0 unspecified atom stereocenters. The molecule has 0 spiro atoms. The Morgan fingerprint density at radius 3 is 2.50 bits per heavy atom. The lowest BCUT2D eigenvalue weighted by atomic mass is 9.97. The van der Waals surface area contributed by atoms with Gasteiger partial charge in [-0.25, -0.2) is 4.39 Å². The van der Waals surface area contributed by atoms with E-state index in [2.05, 4.69) is 10.2 Å². The normalized spacial score (nSPS) is 17.5. The maximum absolute atomic E-state index is 13.3. The Labute approximate surface area is 126 Å². The van der Waals surface area contributed by atoms with E-state index in [4.69, 9.17) is 0 Å². The molecule has 0 aromatic heterocycles. The summed E-state index contributed by atoms with van der Waals surface area (Å²) in [5.74, 6) is -1.45. The fourth-order valence-electron chi connectivity index (χ4n) is 2.49. The third-order valence-electron chi connectivity index (χ3n) is 3.88. The molecule has 1 aliphatic heterocycles. The molecular formula is C15H18F4N2O. The van der Waals surface area contributed by atoms with E-state index < -0.39 is 23.5 Å². The highest BCUT2D eigenvalue weighted by atomic mass is 19.4. The number of piperidine rings is 1. The first-order chi connectivity index (χ1) is 10.3. The number of carbonyl (C=O) groups is 1. The maximum atomic E-state index is 13.3. The third-order valence-corrected chi connectivity index (χ3v) is 3.88. The van der Waals surface area contributed by atoms with Crippen LogP contribution in [0.15, 0.2) is 18.2 Å². The van der Waals surface area contributed by atoms with Crippen LogP contribution in [0.4, 0.5) is 17.6 Å². The summed E-state index contributed by atoms with van der Waals surface area (Å²) >= 11 is 0. The predicted molar refractivity (Wildman–Crippen MR) is 74.0 cm³/mol. The van der Waals surface area contributed by atoms with E-state index in [-0.39, 0.29) is 5.56 Å². The van der Waals surface area contributed by atoms with Gasteiger partial charge in [0.25, 0.3) is 5.91 Å². The Morgan fingerprint density at radius 2 is 1.91 bits per heavy atom. The molecule has 1 aromatic rings. The summed E-state index contributed by atoms with van der Waals surface area (Å²) in [7, 11) is 2.01. The molecular weight excluding hydrogens is 300 g/mol. The summed E-state index contributed by atoms with van der Waals surface area (Å²) in [5.41, 5.74) is -1.46. The van der Waals surface area contributed by atoms with E-state index in [0.29, 0.717) is 24.6 Å². The molecule has 1 aliphatic rings. The summed E-state index contributed by atoms with van der Waals surface area (Å²) in [5, 5.41) is 2.60. The molecule has 122 valence electrons. The number of rotatable bonds is 3. The van der Waals surface area contributed by atoms with E-state index in [1.807, 2.05) is 7.05 Å². The van der Waals surface area contributed by atoms with Gasteiger partial charge in [0.2, 0.25) is 0 Å². The minimum Gasteiger partial charge on any atom is -0.352 e. The molecule has 22 heavy (non-hydrogen) atoms. The van der Waals surface area contributed by atoms with Crippen molar-refractivity contribution in [1.29, 1.82) is 0 Å². The molecule has 0 saturated carbocycles. The highest BCUT2D eigenvalue weighted by molar-refractivity contribution is 5.94. The number of carbonyl (C=O) groups excluding carboxylic acids is 1. The fourth-order valence-corrected chi connectivity index (χ4v) is 2.49. The molecule has 1 N–H and O–H groups in total. The van der Waals surface area contributed by atoms with Gasteiger partial charge in [-0.05, 0) is 57.1 Å². The van der Waals surface area contributed by atoms with Crippen molar-refractivity contribution in [1.82, 2.24) is 10.2 Å². The molecule has 7 heteroatoms. The molecule has 0 radical (unpaired) electrons. The lowest BCUT2D eigenvalue weighted by Crippen LogP contribution is -2.37. The molecule has 0 atom stereocenters. The molecule has 1 amide bonds. The Hall–Kier alpha value is -1.63. The molecule has 1 saturated heterocycles. The summed E-state index contributed by atoms with van der Waals surface area (Å²) in [6.07, 6.45) is -2.83. The van der Waals surface area contributed by atoms with Crippen LogP contribution < -0.4 is 5.32 Å². The highest BCUT2D eigenvalue weighted by Gasteiger charge is 2.32. The summed E-state index contributed by atoms with van der Waals surface area (Å²) in [6, 6.07) is 1.88. The van der Waals surface area contributed by atoms with Crippen LogP contribution in [0.1, 0.15) is 28.8 Å². The average molecular weight is 318 g/mol. The Balaban J connectivity index is 1.99. The first-order valence-electron chi connectivity index (χ1n) is 7.10. The molecule has 0 aliphatic carbocycles. The second-order valence-corrected chi connectivity index (χ2v) is 5.68. The van der Waals surface area contributed by atoms with Gasteiger partial charge in [-0.15, -0.1) is 0 Å². The number of halogens is 4. The van der Waals surface area contributed by atoms with Crippen LogP contribution in [0.2, 0.25) is 0 Å². The van der Waals surface area contributed by atoms with Crippen molar-refractivity contribution in [2.45, 2.75) is 19.0 Å². The highest BCUT2D eigenvalue weighted by Crippen LogP contribution is 2.30. The van der Waals surface area contributed by atoms with E-state index in [1.165, 1.54) is 0 Å². The summed E-state index contributed by atoms with van der Waals surface area (Å²) in [4.78, 5) is 14.1. The summed E-state index contributed by atoms with van der Waals surface area (Å²) in [6.45, 7) is 2.25. The lowest BCUT2D eigenvalue weighted by molar-refractivity contribution is -0.137. The smallest absolute Gasteiger partial charge is 0.352 e. The number of nitrogens with one attached hydrogen (secondary N) is 1. The van der Waals surface area contributed by atoms with Crippen LogP contribution in [0, 0.1) is 11.7 Å². The van der Waals surface area contributed by atoms with Crippen LogP contribution in [0.3, 0.4) is 0 Å². The summed E-state index contributed by atoms with van der Waals surface area (Å²) < 4.78 is 51.1. The number of amides is 1. The lowest BCUT2D eigenvalue weighted by Gasteiger charge is -2.28. The van der Waals surface area contributed by atoms with Crippen LogP contribution >= 0.6 is 0 Å². The minimum absolute atomic E-state index is 0.302. The predicted octanol–water partition coefficient (Wildman–Crippen LogP) is 2.92. The maximum Gasteiger partial charge on any atom is 0.416 e. The zero-order valence-corrected chi connectivity index (χ0v) is 12.2. The van der Waals surface area contributed by atoms with Gasteiger partial charge in [-0.2, -0.15) is 13.2 Å². The van der Waals surface area contributed by atoms with Gasteiger partial charge in [-0.3, -0.25) is 4.79 Å². The Morgan fingerprint density at radius 1 is 1.27 bits per heavy atom. The standard InChI is InChI=1S/C15H18F4N2O/c1-21-4-2-10(3-5-21)9-20-14(22)11-6-12(15(17,18)19)8-13(16)7-11/h6-8,10H,2-5,9H2,1H3,(H,20,22). The van der Waals surface area contributed by atoms with Crippen LogP contribution in [-0.4, -0.2) is 37.5 Å². The third kappa shape index (κ3) is 4.43. The van der Waals surface area contributed by atoms with Gasteiger partial charge in [0.1, 0.15) is 5.82 Å². The number of likely N-dealkylation sites (tertiary alicyclic amines) is 1. The van der Waals surface area contributed by atoms with Gasteiger partial charge in [0.05, 0.1) is 5.56 Å². The zero-order chi connectivity index (χ0) is 16.3. The molecule has 0 bridgehead atoms. The van der Waals surface area contributed by atoms with E-state index >= 15 is 0 Å². The molecule has 1 aromatic carbocycles. The minimum atomic E-state index is -4.68. The van der Waals surface area contributed by atoms with Crippen molar-refractivity contribution in [3.05, 3.63) is 35.1 Å². The van der Waals surface area contributed by atoms with Gasteiger partial charge in [0, 0.05) is 12.1 Å². The Kier molecular flexibility index (Phi) is 5.05. The van der Waals surface area contributed by atoms with Crippen molar-refractivity contribution in [2.24, 2.45) is 5.92 Å². The molecule has 3 nitrogen and oxygen atoms in total. The average Bonchev–Trinajstić information content (AvgIpc) is 2.45. The second kappa shape index (κ2) is 6.64. The second-order valence-electron chi connectivity index (χ2n) is 5.68. The van der Waals surface area contributed by atoms with E-state index in [1.54, 1.807) is 0 Å². The largest absolute Gasteiger partial charge is 0.416 e. The van der Waals surface area contributed by atoms with Crippen molar-refractivity contribution >= 4 is 5.91 Å². The SMILES string of the molecule is CN1CCC(CNC(=O)c2cc(F)cc(C(F)(F)F)c2)CC1. The first kappa shape index (κ1) is 16.7. The van der Waals surface area contributed by atoms with Crippen molar-refractivity contribution in [3.63, 3.8) is 0 Å². The number of hydrogen-bond acceptors (Lipinski definition) is 2. The number of alkyl halides is 3. The van der Waals surface area contributed by atoms with Gasteiger partial charge in [0.15, 0.2) is 0 Å². The van der Waals surface area contributed by atoms with E-state index in [0.717, 1.165) is 32.0 Å². The number of benzene rings is 1. The zero-order valence-electron chi connectivity index (χ0n) is 12.2.